The molecule has 3 heterocycles. The van der Waals surface area contributed by atoms with Crippen LogP contribution >= 0.6 is 11.3 Å². The van der Waals surface area contributed by atoms with Crippen LogP contribution in [0.4, 0.5) is 0 Å². The molecule has 2 aromatic carbocycles. The molecule has 0 radical (unpaired) electrons. The van der Waals surface area contributed by atoms with E-state index in [1.807, 2.05) is 23.6 Å². The Bertz CT molecular complexity index is 1430. The van der Waals surface area contributed by atoms with E-state index in [0.717, 1.165) is 29.2 Å². The molecular formula is C24H21N3O5S. The number of benzene rings is 2. The maximum Gasteiger partial charge on any atom is 0.338 e. The summed E-state index contributed by atoms with van der Waals surface area (Å²) in [6.45, 7) is 0.720. The summed E-state index contributed by atoms with van der Waals surface area (Å²) < 4.78 is 18.0. The molecule has 0 saturated carbocycles. The summed E-state index contributed by atoms with van der Waals surface area (Å²) in [5, 5.41) is 3.09. The van der Waals surface area contributed by atoms with Crippen molar-refractivity contribution in [3.8, 4) is 22.1 Å². The monoisotopic (exact) mass is 463 g/mol. The van der Waals surface area contributed by atoms with Crippen molar-refractivity contribution in [2.24, 2.45) is 0 Å². The van der Waals surface area contributed by atoms with Gasteiger partial charge in [-0.25, -0.2) is 14.8 Å². The second-order valence-corrected chi connectivity index (χ2v) is 8.44. The first-order valence-corrected chi connectivity index (χ1v) is 11.3. The topological polar surface area (TPSA) is 92.5 Å². The highest BCUT2D eigenvalue weighted by molar-refractivity contribution is 7.13. The Hall–Kier alpha value is -3.72. The van der Waals surface area contributed by atoms with E-state index in [4.69, 9.17) is 14.2 Å². The minimum atomic E-state index is -0.493. The minimum absolute atomic E-state index is 0.0277. The SMILES string of the molecule is COc1cccc(-c2nc(COC(=O)c3ccc4c(=O)n5c(nc4c3)CCC5)cs2)c1OC. The van der Waals surface area contributed by atoms with Crippen LogP contribution in [-0.4, -0.2) is 34.7 Å². The molecule has 2 aromatic heterocycles. The molecule has 1 aliphatic heterocycles. The summed E-state index contributed by atoms with van der Waals surface area (Å²) in [6, 6.07) is 10.4. The number of aromatic nitrogens is 3. The van der Waals surface area contributed by atoms with E-state index in [-0.39, 0.29) is 12.2 Å². The molecule has 4 aromatic rings. The Morgan fingerprint density at radius 1 is 1.15 bits per heavy atom. The van der Waals surface area contributed by atoms with Crippen LogP contribution in [0.25, 0.3) is 21.5 Å². The summed E-state index contributed by atoms with van der Waals surface area (Å²) in [4.78, 5) is 34.4. The van der Waals surface area contributed by atoms with Crippen LogP contribution in [0.2, 0.25) is 0 Å². The first-order chi connectivity index (χ1) is 16.1. The average Bonchev–Trinajstić information content (AvgIpc) is 3.51. The average molecular weight is 464 g/mol. The van der Waals surface area contributed by atoms with Gasteiger partial charge in [0.1, 0.15) is 17.4 Å². The number of esters is 1. The Balaban J connectivity index is 1.33. The van der Waals surface area contributed by atoms with Crippen LogP contribution in [0, 0.1) is 0 Å². The van der Waals surface area contributed by atoms with Crippen molar-refractivity contribution in [1.82, 2.24) is 14.5 Å². The van der Waals surface area contributed by atoms with E-state index in [1.54, 1.807) is 37.0 Å². The van der Waals surface area contributed by atoms with Crippen LogP contribution in [0.1, 0.15) is 28.3 Å². The van der Waals surface area contributed by atoms with Crippen molar-refractivity contribution in [3.63, 3.8) is 0 Å². The van der Waals surface area contributed by atoms with Crippen LogP contribution in [0.5, 0.6) is 11.5 Å². The second kappa shape index (κ2) is 8.67. The van der Waals surface area contributed by atoms with Gasteiger partial charge in [0.15, 0.2) is 11.5 Å². The van der Waals surface area contributed by atoms with Gasteiger partial charge in [0.25, 0.3) is 5.56 Å². The molecule has 0 saturated heterocycles. The predicted octanol–water partition coefficient (Wildman–Crippen LogP) is 3.84. The Kier molecular flexibility index (Phi) is 5.55. The third-order valence-corrected chi connectivity index (χ3v) is 6.51. The van der Waals surface area contributed by atoms with Crippen molar-refractivity contribution >= 4 is 28.2 Å². The lowest BCUT2D eigenvalue weighted by Gasteiger charge is -2.10. The van der Waals surface area contributed by atoms with Gasteiger partial charge < -0.3 is 14.2 Å². The number of hydrogen-bond donors (Lipinski definition) is 0. The number of hydrogen-bond acceptors (Lipinski definition) is 8. The number of para-hydroxylation sites is 1. The van der Waals surface area contributed by atoms with E-state index in [0.29, 0.717) is 40.2 Å². The molecule has 9 heteroatoms. The number of aryl methyl sites for hydroxylation is 1. The third-order valence-electron chi connectivity index (χ3n) is 5.59. The molecule has 8 nitrogen and oxygen atoms in total. The predicted molar refractivity (Wildman–Crippen MR) is 124 cm³/mol. The molecule has 168 valence electrons. The quantitative estimate of drug-likeness (QED) is 0.401. The van der Waals surface area contributed by atoms with Gasteiger partial charge in [-0.1, -0.05) is 6.07 Å². The Morgan fingerprint density at radius 2 is 2.03 bits per heavy atom. The maximum absolute atomic E-state index is 12.6. The van der Waals surface area contributed by atoms with Gasteiger partial charge in [-0.2, -0.15) is 0 Å². The third kappa shape index (κ3) is 3.84. The summed E-state index contributed by atoms with van der Waals surface area (Å²) in [5.74, 6) is 1.49. The number of carbonyl (C=O) groups excluding carboxylic acids is 1. The molecule has 0 spiro atoms. The first-order valence-electron chi connectivity index (χ1n) is 10.5. The van der Waals surface area contributed by atoms with E-state index in [1.165, 1.54) is 11.3 Å². The molecule has 0 unspecified atom stereocenters. The number of carbonyl (C=O) groups is 1. The number of thiazole rings is 1. The van der Waals surface area contributed by atoms with Crippen LogP contribution in [0.15, 0.2) is 46.6 Å². The molecule has 5 rings (SSSR count). The smallest absolute Gasteiger partial charge is 0.338 e. The van der Waals surface area contributed by atoms with E-state index < -0.39 is 5.97 Å². The normalized spacial score (nSPS) is 12.5. The lowest BCUT2D eigenvalue weighted by Crippen LogP contribution is -2.21. The van der Waals surface area contributed by atoms with Crippen LogP contribution in [-0.2, 0) is 24.3 Å². The molecule has 33 heavy (non-hydrogen) atoms. The zero-order valence-electron chi connectivity index (χ0n) is 18.2. The highest BCUT2D eigenvalue weighted by Crippen LogP contribution is 2.39. The van der Waals surface area contributed by atoms with Crippen LogP contribution in [0.3, 0.4) is 0 Å². The summed E-state index contributed by atoms with van der Waals surface area (Å²) in [7, 11) is 3.17. The van der Waals surface area contributed by atoms with Gasteiger partial charge in [-0.05, 0) is 36.8 Å². The molecule has 0 amide bonds. The molecular weight excluding hydrogens is 442 g/mol. The maximum atomic E-state index is 12.6. The van der Waals surface area contributed by atoms with Crippen molar-refractivity contribution in [1.29, 1.82) is 0 Å². The number of methoxy groups -OCH3 is 2. The standard InChI is InChI=1S/C24H21N3O5S/c1-30-19-6-3-5-17(21(19)31-2)22-25-15(13-33-22)12-32-24(29)14-8-9-16-18(11-14)26-20-7-4-10-27(20)23(16)28/h3,5-6,8-9,11,13H,4,7,10,12H2,1-2H3. The lowest BCUT2D eigenvalue weighted by molar-refractivity contribution is 0.0468. The van der Waals surface area contributed by atoms with Gasteiger partial charge in [0, 0.05) is 18.3 Å². The number of fused-ring (bicyclic) bond motifs is 2. The highest BCUT2D eigenvalue weighted by atomic mass is 32.1. The van der Waals surface area contributed by atoms with Gasteiger partial charge in [0.2, 0.25) is 0 Å². The Morgan fingerprint density at radius 3 is 2.85 bits per heavy atom. The first kappa shape index (κ1) is 21.1. The van der Waals surface area contributed by atoms with Crippen molar-refractivity contribution < 1.29 is 19.0 Å². The van der Waals surface area contributed by atoms with Gasteiger partial charge >= 0.3 is 5.97 Å². The zero-order chi connectivity index (χ0) is 22.9. The number of rotatable bonds is 6. The van der Waals surface area contributed by atoms with Gasteiger partial charge in [0.05, 0.1) is 41.9 Å². The highest BCUT2D eigenvalue weighted by Gasteiger charge is 2.18. The molecule has 1 aliphatic rings. The number of ether oxygens (including phenoxy) is 3. The molecule has 0 fully saturated rings. The van der Waals surface area contributed by atoms with E-state index >= 15 is 0 Å². The van der Waals surface area contributed by atoms with Crippen molar-refractivity contribution in [2.45, 2.75) is 26.0 Å². The summed E-state index contributed by atoms with van der Waals surface area (Å²) in [5.41, 5.74) is 2.24. The van der Waals surface area contributed by atoms with Crippen LogP contribution < -0.4 is 15.0 Å². The minimum Gasteiger partial charge on any atom is -0.493 e. The summed E-state index contributed by atoms with van der Waals surface area (Å²) >= 11 is 1.43. The van der Waals surface area contributed by atoms with Crippen molar-refractivity contribution in [3.05, 3.63) is 69.2 Å². The second-order valence-electron chi connectivity index (χ2n) is 7.58. The van der Waals surface area contributed by atoms with E-state index in [9.17, 15) is 9.59 Å². The van der Waals surface area contributed by atoms with E-state index in [2.05, 4.69) is 9.97 Å². The van der Waals surface area contributed by atoms with Crippen molar-refractivity contribution in [2.75, 3.05) is 14.2 Å². The largest absolute Gasteiger partial charge is 0.493 e. The van der Waals surface area contributed by atoms with Gasteiger partial charge in [-0.15, -0.1) is 11.3 Å². The molecule has 0 N–H and O–H groups in total. The number of nitrogens with zero attached hydrogens (tertiary/aromatic N) is 3. The van der Waals surface area contributed by atoms with Gasteiger partial charge in [-0.3, -0.25) is 9.36 Å². The fourth-order valence-electron chi connectivity index (χ4n) is 3.99. The fraction of sp³-hybridized carbons (Fsp3) is 0.250. The lowest BCUT2D eigenvalue weighted by atomic mass is 10.1. The molecule has 0 atom stereocenters. The zero-order valence-corrected chi connectivity index (χ0v) is 19.0. The summed E-state index contributed by atoms with van der Waals surface area (Å²) in [6.07, 6.45) is 1.68. The molecule has 0 bridgehead atoms. The fourth-order valence-corrected chi connectivity index (χ4v) is 4.81. The Labute approximate surface area is 193 Å². The molecule has 0 aliphatic carbocycles.